The Morgan fingerprint density at radius 1 is 0.327 bits per heavy atom. The van der Waals surface area contributed by atoms with Crippen LogP contribution >= 0.6 is 0 Å². The van der Waals surface area contributed by atoms with E-state index in [0.29, 0.717) is 12.8 Å². The first-order valence-corrected chi connectivity index (χ1v) is 44.7. The fourth-order valence-electron chi connectivity index (χ4n) is 15.3. The van der Waals surface area contributed by atoms with Gasteiger partial charge in [0.25, 0.3) is 0 Å². The van der Waals surface area contributed by atoms with E-state index in [-0.39, 0.29) is 18.9 Å². The summed E-state index contributed by atoms with van der Waals surface area (Å²) in [6.45, 7) is 1.77. The van der Waals surface area contributed by atoms with Crippen LogP contribution < -0.4 is 5.32 Å². The third kappa shape index (κ3) is 47.5. The van der Waals surface area contributed by atoms with Crippen molar-refractivity contribution in [1.82, 2.24) is 5.32 Å². The molecule has 3 aliphatic heterocycles. The molecule has 0 bridgehead atoms. The molecular formula is C88H165NO18. The molecule has 107 heavy (non-hydrogen) atoms. The fraction of sp³-hybridized carbons (Fsp3) is 0.920. The van der Waals surface area contributed by atoms with Gasteiger partial charge in [0.1, 0.15) is 73.2 Å². The van der Waals surface area contributed by atoms with Crippen LogP contribution in [0, 0.1) is 0 Å². The molecule has 1 amide bonds. The lowest BCUT2D eigenvalue weighted by Crippen LogP contribution is -2.66. The minimum atomic E-state index is -1.98. The van der Waals surface area contributed by atoms with Crippen LogP contribution in [-0.4, -0.2) is 193 Å². The lowest BCUT2D eigenvalue weighted by atomic mass is 9.96. The van der Waals surface area contributed by atoms with Crippen molar-refractivity contribution in [2.75, 3.05) is 26.4 Å². The van der Waals surface area contributed by atoms with Crippen molar-refractivity contribution in [2.45, 2.75) is 491 Å². The van der Waals surface area contributed by atoms with Gasteiger partial charge >= 0.3 is 0 Å². The van der Waals surface area contributed by atoms with Crippen LogP contribution in [0.4, 0.5) is 0 Å². The van der Waals surface area contributed by atoms with Crippen LogP contribution in [0.3, 0.4) is 0 Å². The van der Waals surface area contributed by atoms with E-state index in [2.05, 4.69) is 43.5 Å². The number of unbranched alkanes of at least 4 members (excludes halogenated alkanes) is 53. The van der Waals surface area contributed by atoms with E-state index in [1.165, 1.54) is 308 Å². The number of rotatable bonds is 73. The molecule has 0 aromatic heterocycles. The number of aliphatic hydroxyl groups excluding tert-OH is 11. The highest BCUT2D eigenvalue weighted by molar-refractivity contribution is 5.76. The summed E-state index contributed by atoms with van der Waals surface area (Å²) in [7, 11) is 0. The van der Waals surface area contributed by atoms with Crippen LogP contribution in [0.15, 0.2) is 36.5 Å². The van der Waals surface area contributed by atoms with Gasteiger partial charge in [0.2, 0.25) is 5.91 Å². The molecule has 17 atom stereocenters. The molecule has 12 N–H and O–H groups in total. The standard InChI is InChI=1S/C88H165NO18/c1-3-5-7-9-11-13-15-17-19-21-23-25-27-29-30-31-32-33-34-35-36-37-38-39-40-41-42-44-46-48-50-52-54-56-58-60-62-64-66-76(94)89-71(72(93)65-63-61-59-57-55-53-51-49-47-45-43-28-26-24-22-20-18-16-14-12-10-8-6-4-2)70-102-86-82(100)79(97)84(74(68-91)104-86)107-88-83(101)80(98)85(75(69-92)105-88)106-87-81(99)78(96)77(95)73(67-90)103-87/h47,49,55,57,63,65,71-75,77-88,90-93,95-101H,3-46,48,50-54,56,58-62,64,66-70H2,1-2H3,(H,89,94)/b49-47+,57-55+,65-63+. The first-order valence-electron chi connectivity index (χ1n) is 44.7. The number of aliphatic hydroxyl groups is 11. The number of nitrogens with one attached hydrogen (secondary N) is 1. The smallest absolute Gasteiger partial charge is 0.220 e. The number of allylic oxidation sites excluding steroid dienone is 5. The zero-order valence-electron chi connectivity index (χ0n) is 67.9. The van der Waals surface area contributed by atoms with Crippen LogP contribution in [0.1, 0.15) is 386 Å². The summed E-state index contributed by atoms with van der Waals surface area (Å²) in [5, 5.41) is 121. The number of ether oxygens (including phenoxy) is 6. The molecule has 3 fully saturated rings. The average Bonchev–Trinajstić information content (AvgIpc) is 0.781. The minimum absolute atomic E-state index is 0.237. The molecule has 17 unspecified atom stereocenters. The third-order valence-corrected chi connectivity index (χ3v) is 22.4. The van der Waals surface area contributed by atoms with Gasteiger partial charge in [-0.3, -0.25) is 4.79 Å². The van der Waals surface area contributed by atoms with Crippen molar-refractivity contribution >= 4 is 5.91 Å². The van der Waals surface area contributed by atoms with Crippen molar-refractivity contribution < 1.29 is 89.4 Å². The maximum atomic E-state index is 13.5. The highest BCUT2D eigenvalue weighted by atomic mass is 16.8. The van der Waals surface area contributed by atoms with Gasteiger partial charge in [-0.2, -0.15) is 0 Å². The second-order valence-electron chi connectivity index (χ2n) is 32.1. The summed E-state index contributed by atoms with van der Waals surface area (Å²) in [4.78, 5) is 13.5. The molecule has 3 aliphatic rings. The Hall–Kier alpha value is -1.99. The van der Waals surface area contributed by atoms with E-state index < -0.39 is 124 Å². The van der Waals surface area contributed by atoms with Crippen molar-refractivity contribution in [3.63, 3.8) is 0 Å². The summed E-state index contributed by atoms with van der Waals surface area (Å²) in [5.41, 5.74) is 0. The van der Waals surface area contributed by atoms with Gasteiger partial charge in [0.15, 0.2) is 18.9 Å². The third-order valence-electron chi connectivity index (χ3n) is 22.4. The van der Waals surface area contributed by atoms with Gasteiger partial charge in [-0.25, -0.2) is 0 Å². The second kappa shape index (κ2) is 68.4. The topological polar surface area (TPSA) is 307 Å². The van der Waals surface area contributed by atoms with Crippen LogP contribution in [0.25, 0.3) is 0 Å². The Balaban J connectivity index is 1.32. The Bertz CT molecular complexity index is 2070. The predicted octanol–water partition coefficient (Wildman–Crippen LogP) is 16.6. The predicted molar refractivity (Wildman–Crippen MR) is 429 cm³/mol. The molecule has 19 heteroatoms. The maximum Gasteiger partial charge on any atom is 0.220 e. The number of hydrogen-bond acceptors (Lipinski definition) is 18. The molecule has 0 radical (unpaired) electrons. The zero-order chi connectivity index (χ0) is 77.4. The van der Waals surface area contributed by atoms with Crippen LogP contribution in [0.2, 0.25) is 0 Å². The van der Waals surface area contributed by atoms with Crippen molar-refractivity contribution in [3.8, 4) is 0 Å². The SMILES string of the molecule is CCCCCCCCCCCCCCCC/C=C/CC/C=C/CC/C=C/C(O)C(COC1OC(CO)C(OC2OC(CO)C(OC3OC(CO)C(O)C(O)C3O)C(O)C2O)C(O)C1O)NC(=O)CCCCCCCCCCCCCCCCCCCCCCCCCCCCCCCCCCCCCCCC. The highest BCUT2D eigenvalue weighted by Crippen LogP contribution is 2.34. The number of amides is 1. The molecule has 0 aromatic carbocycles. The minimum Gasteiger partial charge on any atom is -0.394 e. The number of carbonyl (C=O) groups excluding carboxylic acids is 1. The van der Waals surface area contributed by atoms with Gasteiger partial charge < -0.3 is 89.9 Å². The maximum absolute atomic E-state index is 13.5. The quantitative estimate of drug-likeness (QED) is 0.0199. The molecule has 3 rings (SSSR count). The summed E-state index contributed by atoms with van der Waals surface area (Å²) in [6, 6.07) is -0.997. The zero-order valence-corrected chi connectivity index (χ0v) is 67.9. The highest BCUT2D eigenvalue weighted by Gasteiger charge is 2.54. The van der Waals surface area contributed by atoms with Crippen LogP contribution in [0.5, 0.6) is 0 Å². The largest absolute Gasteiger partial charge is 0.394 e. The number of carbonyl (C=O) groups is 1. The van der Waals surface area contributed by atoms with Crippen LogP contribution in [-0.2, 0) is 33.2 Å². The molecule has 630 valence electrons. The Labute approximate surface area is 651 Å². The molecule has 3 heterocycles. The molecule has 19 nitrogen and oxygen atoms in total. The normalized spacial score (nSPS) is 25.6. The van der Waals surface area contributed by atoms with Gasteiger partial charge in [0.05, 0.1) is 38.6 Å². The van der Waals surface area contributed by atoms with E-state index in [4.69, 9.17) is 28.4 Å². The Kier molecular flexibility index (Phi) is 63.4. The Morgan fingerprint density at radius 2 is 0.598 bits per heavy atom. The van der Waals surface area contributed by atoms with Gasteiger partial charge in [-0.15, -0.1) is 0 Å². The summed E-state index contributed by atoms with van der Waals surface area (Å²) in [6.07, 6.45) is 60.3. The molecule has 0 spiro atoms. The lowest BCUT2D eigenvalue weighted by Gasteiger charge is -2.48. The Morgan fingerprint density at radius 3 is 0.935 bits per heavy atom. The average molecular weight is 1530 g/mol. The second-order valence-corrected chi connectivity index (χ2v) is 32.1. The monoisotopic (exact) mass is 1520 g/mol. The molecule has 0 aliphatic carbocycles. The van der Waals surface area contributed by atoms with Gasteiger partial charge in [-0.1, -0.05) is 371 Å². The molecular weight excluding hydrogens is 1360 g/mol. The van der Waals surface area contributed by atoms with Crippen molar-refractivity contribution in [2.24, 2.45) is 0 Å². The van der Waals surface area contributed by atoms with E-state index >= 15 is 0 Å². The number of hydrogen-bond donors (Lipinski definition) is 12. The van der Waals surface area contributed by atoms with Crippen molar-refractivity contribution in [1.29, 1.82) is 0 Å². The first-order chi connectivity index (χ1) is 52.3. The van der Waals surface area contributed by atoms with E-state index in [1.807, 2.05) is 6.08 Å². The van der Waals surface area contributed by atoms with Gasteiger partial charge in [-0.05, 0) is 44.9 Å². The van der Waals surface area contributed by atoms with Crippen molar-refractivity contribution in [3.05, 3.63) is 36.5 Å². The van der Waals surface area contributed by atoms with E-state index in [0.717, 1.165) is 44.9 Å². The summed E-state index contributed by atoms with van der Waals surface area (Å²) >= 11 is 0. The lowest BCUT2D eigenvalue weighted by molar-refractivity contribution is -0.379. The first kappa shape index (κ1) is 99.2. The summed E-state index contributed by atoms with van der Waals surface area (Å²) in [5.74, 6) is -0.281. The van der Waals surface area contributed by atoms with E-state index in [1.54, 1.807) is 6.08 Å². The molecule has 0 saturated carbocycles. The van der Waals surface area contributed by atoms with E-state index in [9.17, 15) is 61.0 Å². The fourth-order valence-corrected chi connectivity index (χ4v) is 15.3. The molecule has 0 aromatic rings. The molecule has 3 saturated heterocycles. The van der Waals surface area contributed by atoms with Gasteiger partial charge in [0, 0.05) is 6.42 Å². The summed E-state index contributed by atoms with van der Waals surface area (Å²) < 4.78 is 34.5.